The van der Waals surface area contributed by atoms with Gasteiger partial charge in [0.1, 0.15) is 0 Å². The van der Waals surface area contributed by atoms with E-state index in [4.69, 9.17) is 10.2 Å². The van der Waals surface area contributed by atoms with Gasteiger partial charge >= 0.3 is 0 Å². The van der Waals surface area contributed by atoms with Gasteiger partial charge in [-0.1, -0.05) is 0 Å². The Morgan fingerprint density at radius 3 is 2.81 bits per heavy atom. The molecule has 3 aromatic rings. The number of anilines is 1. The molecule has 16 heavy (non-hydrogen) atoms. The second-order valence-corrected chi connectivity index (χ2v) is 3.35. The van der Waals surface area contributed by atoms with Crippen LogP contribution >= 0.6 is 0 Å². The average Bonchev–Trinajstić information content (AvgIpc) is 2.73. The van der Waals surface area contributed by atoms with Crippen LogP contribution in [0, 0.1) is 0 Å². The highest BCUT2D eigenvalue weighted by atomic mass is 16.3. The minimum atomic E-state index is 0.524. The highest BCUT2D eigenvalue weighted by Crippen LogP contribution is 2.23. The van der Waals surface area contributed by atoms with Crippen molar-refractivity contribution in [1.82, 2.24) is 15.0 Å². The van der Waals surface area contributed by atoms with E-state index in [1.165, 1.54) is 0 Å². The summed E-state index contributed by atoms with van der Waals surface area (Å²) < 4.78 is 5.55. The molecule has 5 nitrogen and oxygen atoms in total. The molecule has 0 spiro atoms. The van der Waals surface area contributed by atoms with Gasteiger partial charge in [0.2, 0.25) is 5.89 Å². The molecule has 0 aliphatic rings. The number of pyridine rings is 2. The zero-order chi connectivity index (χ0) is 11.0. The first-order chi connectivity index (χ1) is 7.83. The van der Waals surface area contributed by atoms with E-state index in [1.807, 2.05) is 12.1 Å². The van der Waals surface area contributed by atoms with Crippen LogP contribution in [0.2, 0.25) is 0 Å². The van der Waals surface area contributed by atoms with Gasteiger partial charge in [-0.05, 0) is 12.1 Å². The number of fused-ring (bicyclic) bond motifs is 1. The van der Waals surface area contributed by atoms with E-state index in [0.717, 1.165) is 5.56 Å². The van der Waals surface area contributed by atoms with Gasteiger partial charge in [-0.2, -0.15) is 4.98 Å². The normalized spacial score (nSPS) is 10.8. The van der Waals surface area contributed by atoms with Crippen LogP contribution in [0.25, 0.3) is 22.7 Å². The van der Waals surface area contributed by atoms with Crippen LogP contribution in [0.15, 0.2) is 41.2 Å². The van der Waals surface area contributed by atoms with Gasteiger partial charge in [0.25, 0.3) is 0 Å². The van der Waals surface area contributed by atoms with Crippen LogP contribution in [-0.2, 0) is 0 Å². The quantitative estimate of drug-likeness (QED) is 0.666. The Balaban J connectivity index is 2.19. The van der Waals surface area contributed by atoms with Gasteiger partial charge < -0.3 is 10.2 Å². The number of hydrogen-bond acceptors (Lipinski definition) is 5. The van der Waals surface area contributed by atoms with Crippen molar-refractivity contribution in [3.63, 3.8) is 0 Å². The molecule has 5 heteroatoms. The van der Waals surface area contributed by atoms with Gasteiger partial charge in [-0.25, -0.2) is 4.98 Å². The Morgan fingerprint density at radius 1 is 1.19 bits per heavy atom. The predicted octanol–water partition coefficient (Wildman–Crippen LogP) is 1.87. The van der Waals surface area contributed by atoms with E-state index < -0.39 is 0 Å². The summed E-state index contributed by atoms with van der Waals surface area (Å²) in [5.41, 5.74) is 8.18. The number of nitrogens with zero attached hydrogens (tertiary/aromatic N) is 3. The molecule has 0 saturated carbocycles. The van der Waals surface area contributed by atoms with Crippen LogP contribution < -0.4 is 5.73 Å². The summed E-state index contributed by atoms with van der Waals surface area (Å²) in [6.45, 7) is 0. The summed E-state index contributed by atoms with van der Waals surface area (Å²) in [4.78, 5) is 12.3. The molecule has 3 aromatic heterocycles. The zero-order valence-electron chi connectivity index (χ0n) is 8.29. The second-order valence-electron chi connectivity index (χ2n) is 3.35. The smallest absolute Gasteiger partial charge is 0.228 e. The number of oxazole rings is 1. The van der Waals surface area contributed by atoms with Crippen LogP contribution in [0.3, 0.4) is 0 Å². The third-order valence-corrected chi connectivity index (χ3v) is 2.20. The first kappa shape index (κ1) is 8.84. The first-order valence-corrected chi connectivity index (χ1v) is 4.75. The van der Waals surface area contributed by atoms with Crippen molar-refractivity contribution in [1.29, 1.82) is 0 Å². The number of nitrogens with two attached hydrogens (primary N) is 1. The molecule has 3 rings (SSSR count). The first-order valence-electron chi connectivity index (χ1n) is 4.75. The Labute approximate surface area is 91.0 Å². The molecule has 2 N–H and O–H groups in total. The highest BCUT2D eigenvalue weighted by molar-refractivity contribution is 5.74. The molecule has 0 radical (unpaired) electrons. The standard InChI is InChI=1S/C11H8N4O/c12-8-5-9-10(14-6-8)15-11(16-9)7-1-3-13-4-2-7/h1-6H,12H2. The predicted molar refractivity (Wildman–Crippen MR) is 59.4 cm³/mol. The monoisotopic (exact) mass is 212 g/mol. The van der Waals surface area contributed by atoms with Crippen LogP contribution in [0.1, 0.15) is 0 Å². The molecule has 3 heterocycles. The Kier molecular flexibility index (Phi) is 1.83. The van der Waals surface area contributed by atoms with E-state index >= 15 is 0 Å². The largest absolute Gasteiger partial charge is 0.434 e. The molecule has 0 aliphatic heterocycles. The van der Waals surface area contributed by atoms with Crippen LogP contribution in [0.4, 0.5) is 5.69 Å². The van der Waals surface area contributed by atoms with Crippen molar-refractivity contribution in [2.75, 3.05) is 5.73 Å². The Bertz CT molecular complexity index is 633. The number of rotatable bonds is 1. The summed E-state index contributed by atoms with van der Waals surface area (Å²) >= 11 is 0. The van der Waals surface area contributed by atoms with E-state index in [9.17, 15) is 0 Å². The molecule has 0 bridgehead atoms. The van der Waals surface area contributed by atoms with Crippen molar-refractivity contribution in [3.8, 4) is 11.5 Å². The molecule has 78 valence electrons. The molecule has 0 unspecified atom stereocenters. The van der Waals surface area contributed by atoms with Crippen molar-refractivity contribution < 1.29 is 4.42 Å². The lowest BCUT2D eigenvalue weighted by Crippen LogP contribution is -1.85. The van der Waals surface area contributed by atoms with Gasteiger partial charge in [0, 0.05) is 24.0 Å². The lowest BCUT2D eigenvalue weighted by Gasteiger charge is -1.91. The third kappa shape index (κ3) is 1.38. The SMILES string of the molecule is Nc1cnc2nc(-c3ccncc3)oc2c1. The summed E-state index contributed by atoms with van der Waals surface area (Å²) in [5.74, 6) is 0.524. The molecule has 0 aliphatic carbocycles. The zero-order valence-corrected chi connectivity index (χ0v) is 8.29. The summed E-state index contributed by atoms with van der Waals surface area (Å²) in [7, 11) is 0. The lowest BCUT2D eigenvalue weighted by atomic mass is 10.3. The van der Waals surface area contributed by atoms with Crippen molar-refractivity contribution in [3.05, 3.63) is 36.8 Å². The molecular weight excluding hydrogens is 204 g/mol. The van der Waals surface area contributed by atoms with E-state index in [0.29, 0.717) is 22.8 Å². The summed E-state index contributed by atoms with van der Waals surface area (Å²) in [6, 6.07) is 5.36. The van der Waals surface area contributed by atoms with Gasteiger partial charge in [0.15, 0.2) is 11.2 Å². The van der Waals surface area contributed by atoms with Crippen LogP contribution in [0.5, 0.6) is 0 Å². The van der Waals surface area contributed by atoms with E-state index in [2.05, 4.69) is 15.0 Å². The fraction of sp³-hybridized carbons (Fsp3) is 0. The molecule has 0 aromatic carbocycles. The Morgan fingerprint density at radius 2 is 2.00 bits per heavy atom. The third-order valence-electron chi connectivity index (χ3n) is 2.20. The average molecular weight is 212 g/mol. The Hall–Kier alpha value is -2.43. The summed E-state index contributed by atoms with van der Waals surface area (Å²) in [5, 5.41) is 0. The van der Waals surface area contributed by atoms with Gasteiger partial charge in [0.05, 0.1) is 11.9 Å². The molecule has 0 atom stereocenters. The van der Waals surface area contributed by atoms with Crippen molar-refractivity contribution in [2.24, 2.45) is 0 Å². The van der Waals surface area contributed by atoms with Gasteiger partial charge in [-0.15, -0.1) is 0 Å². The maximum absolute atomic E-state index is 5.61. The minimum absolute atomic E-state index is 0.524. The fourth-order valence-electron chi connectivity index (χ4n) is 1.45. The molecular formula is C11H8N4O. The van der Waals surface area contributed by atoms with Crippen molar-refractivity contribution >= 4 is 16.9 Å². The number of nitrogen functional groups attached to an aromatic ring is 1. The minimum Gasteiger partial charge on any atom is -0.434 e. The molecule has 0 saturated heterocycles. The summed E-state index contributed by atoms with van der Waals surface area (Å²) in [6.07, 6.45) is 4.93. The maximum Gasteiger partial charge on any atom is 0.228 e. The number of aromatic nitrogens is 3. The topological polar surface area (TPSA) is 77.8 Å². The van der Waals surface area contributed by atoms with E-state index in [1.54, 1.807) is 24.7 Å². The lowest BCUT2D eigenvalue weighted by molar-refractivity contribution is 0.619. The number of hydrogen-bond donors (Lipinski definition) is 1. The van der Waals surface area contributed by atoms with E-state index in [-0.39, 0.29) is 0 Å². The van der Waals surface area contributed by atoms with Crippen LogP contribution in [-0.4, -0.2) is 15.0 Å². The van der Waals surface area contributed by atoms with Crippen molar-refractivity contribution in [2.45, 2.75) is 0 Å². The second kappa shape index (κ2) is 3.30. The van der Waals surface area contributed by atoms with Gasteiger partial charge in [-0.3, -0.25) is 4.98 Å². The maximum atomic E-state index is 5.61. The highest BCUT2D eigenvalue weighted by Gasteiger charge is 2.08. The molecule has 0 amide bonds. The fourth-order valence-corrected chi connectivity index (χ4v) is 1.45. The molecule has 0 fully saturated rings.